The Labute approximate surface area is 151 Å². The monoisotopic (exact) mass is 350 g/mol. The Morgan fingerprint density at radius 1 is 1.23 bits per heavy atom. The molecule has 0 saturated heterocycles. The number of halogens is 1. The molecule has 132 valence electrons. The number of para-hydroxylation sites is 1. The van der Waals surface area contributed by atoms with Gasteiger partial charge in [0.25, 0.3) is 5.91 Å². The van der Waals surface area contributed by atoms with Gasteiger partial charge in [0.2, 0.25) is 0 Å². The fraction of sp³-hybridized carbons (Fsp3) is 0.333. The second kappa shape index (κ2) is 5.40. The van der Waals surface area contributed by atoms with E-state index in [9.17, 15) is 9.18 Å². The van der Waals surface area contributed by atoms with Crippen LogP contribution in [0.5, 0.6) is 5.75 Å². The molecule has 2 heterocycles. The lowest BCUT2D eigenvalue weighted by Gasteiger charge is -2.40. The lowest BCUT2D eigenvalue weighted by Crippen LogP contribution is -2.46. The van der Waals surface area contributed by atoms with Crippen molar-refractivity contribution in [2.45, 2.75) is 30.6 Å². The molecule has 1 saturated carbocycles. The molecular weight excluding hydrogens is 331 g/mol. The molecule has 26 heavy (non-hydrogen) atoms. The largest absolute Gasteiger partial charge is 0.493 e. The molecule has 5 rings (SSSR count). The van der Waals surface area contributed by atoms with E-state index in [1.807, 2.05) is 30.3 Å². The number of amidine groups is 1. The number of nitrogens with zero attached hydrogens (tertiary/aromatic N) is 1. The van der Waals surface area contributed by atoms with Gasteiger partial charge in [0, 0.05) is 24.6 Å². The summed E-state index contributed by atoms with van der Waals surface area (Å²) >= 11 is 0. The standard InChI is InChI=1S/C21H19FN2O2/c1-23-19-14-11-17(22)13(12-6-7-12)10-16(14)21(20(25)24-19)8-9-26-18-5-3-2-4-15(18)21/h2-5,10-12H,6-9H2,1H3,(H,23,24,25)/t21-/m0/s1. The third kappa shape index (κ3) is 2.00. The van der Waals surface area contributed by atoms with E-state index >= 15 is 0 Å². The zero-order valence-corrected chi connectivity index (χ0v) is 14.5. The van der Waals surface area contributed by atoms with Crippen LogP contribution in [-0.2, 0) is 10.2 Å². The van der Waals surface area contributed by atoms with Crippen molar-refractivity contribution in [2.75, 3.05) is 13.7 Å². The van der Waals surface area contributed by atoms with E-state index in [-0.39, 0.29) is 17.6 Å². The van der Waals surface area contributed by atoms with Gasteiger partial charge >= 0.3 is 0 Å². The van der Waals surface area contributed by atoms with E-state index in [1.165, 1.54) is 0 Å². The van der Waals surface area contributed by atoms with Crippen LogP contribution in [-0.4, -0.2) is 25.4 Å². The fourth-order valence-corrected chi connectivity index (χ4v) is 4.30. The minimum absolute atomic E-state index is 0.209. The molecule has 1 N–H and O–H groups in total. The van der Waals surface area contributed by atoms with Gasteiger partial charge in [-0.1, -0.05) is 24.3 Å². The summed E-state index contributed by atoms with van der Waals surface area (Å²) in [4.78, 5) is 17.6. The van der Waals surface area contributed by atoms with E-state index < -0.39 is 5.41 Å². The predicted molar refractivity (Wildman–Crippen MR) is 96.3 cm³/mol. The van der Waals surface area contributed by atoms with Crippen LogP contribution in [0, 0.1) is 5.82 Å². The number of hydrogen-bond acceptors (Lipinski definition) is 3. The molecule has 2 aromatic rings. The number of carbonyl (C=O) groups excluding carboxylic acids is 1. The van der Waals surface area contributed by atoms with Crippen molar-refractivity contribution in [2.24, 2.45) is 4.99 Å². The van der Waals surface area contributed by atoms with Crippen LogP contribution in [0.1, 0.15) is 47.4 Å². The smallest absolute Gasteiger partial charge is 0.263 e. The van der Waals surface area contributed by atoms with Gasteiger partial charge < -0.3 is 10.1 Å². The van der Waals surface area contributed by atoms with Gasteiger partial charge in [-0.05, 0) is 42.0 Å². The second-order valence-corrected chi connectivity index (χ2v) is 7.21. The highest BCUT2D eigenvalue weighted by molar-refractivity contribution is 6.14. The Kier molecular flexibility index (Phi) is 3.23. The molecule has 2 aromatic carbocycles. The zero-order chi connectivity index (χ0) is 17.9. The Morgan fingerprint density at radius 2 is 2.04 bits per heavy atom. The van der Waals surface area contributed by atoms with Crippen molar-refractivity contribution < 1.29 is 13.9 Å². The zero-order valence-electron chi connectivity index (χ0n) is 14.5. The highest BCUT2D eigenvalue weighted by Gasteiger charge is 2.50. The summed E-state index contributed by atoms with van der Waals surface area (Å²) < 4.78 is 20.5. The van der Waals surface area contributed by atoms with Gasteiger partial charge in [-0.25, -0.2) is 4.39 Å². The molecule has 3 aliphatic rings. The number of hydrogen-bond donors (Lipinski definition) is 1. The van der Waals surface area contributed by atoms with Crippen LogP contribution in [0.3, 0.4) is 0 Å². The topological polar surface area (TPSA) is 50.7 Å². The molecule has 1 amide bonds. The van der Waals surface area contributed by atoms with Gasteiger partial charge in [0.1, 0.15) is 22.8 Å². The van der Waals surface area contributed by atoms with Crippen molar-refractivity contribution in [3.63, 3.8) is 0 Å². The van der Waals surface area contributed by atoms with Crippen LogP contribution in [0.25, 0.3) is 0 Å². The molecule has 0 aromatic heterocycles. The minimum Gasteiger partial charge on any atom is -0.493 e. The Balaban J connectivity index is 1.83. The molecule has 0 unspecified atom stereocenters. The molecular formula is C21H19FN2O2. The van der Waals surface area contributed by atoms with Crippen LogP contribution >= 0.6 is 0 Å². The first-order chi connectivity index (χ1) is 12.6. The highest BCUT2D eigenvalue weighted by atomic mass is 19.1. The van der Waals surface area contributed by atoms with Gasteiger partial charge in [-0.2, -0.15) is 4.99 Å². The van der Waals surface area contributed by atoms with Crippen LogP contribution < -0.4 is 10.1 Å². The molecule has 0 bridgehead atoms. The van der Waals surface area contributed by atoms with E-state index in [0.29, 0.717) is 30.2 Å². The number of ether oxygens (including phenoxy) is 1. The number of fused-ring (bicyclic) bond motifs is 4. The molecule has 2 aliphatic heterocycles. The Hall–Kier alpha value is -2.69. The van der Waals surface area contributed by atoms with Crippen LogP contribution in [0.4, 0.5) is 4.39 Å². The number of amides is 1. The molecule has 4 nitrogen and oxygen atoms in total. The maximum atomic E-state index is 14.7. The van der Waals surface area contributed by atoms with E-state index in [1.54, 1.807) is 13.1 Å². The van der Waals surface area contributed by atoms with Crippen LogP contribution in [0.2, 0.25) is 0 Å². The summed E-state index contributed by atoms with van der Waals surface area (Å²) in [5.74, 6) is 0.983. The number of nitrogens with one attached hydrogen (secondary N) is 1. The fourth-order valence-electron chi connectivity index (χ4n) is 4.30. The highest BCUT2D eigenvalue weighted by Crippen LogP contribution is 2.50. The summed E-state index contributed by atoms with van der Waals surface area (Å²) in [6, 6.07) is 11.1. The van der Waals surface area contributed by atoms with Crippen molar-refractivity contribution in [3.05, 3.63) is 64.5 Å². The summed E-state index contributed by atoms with van der Waals surface area (Å²) in [5, 5.41) is 2.96. The SMILES string of the molecule is CNC1=NC(=O)[C@]2(CCOc3ccccc32)c2cc(C3CC3)c(F)cc21. The van der Waals surface area contributed by atoms with Crippen LogP contribution in [0.15, 0.2) is 41.4 Å². The predicted octanol–water partition coefficient (Wildman–Crippen LogP) is 3.28. The molecule has 5 heteroatoms. The molecule has 1 aliphatic carbocycles. The van der Waals surface area contributed by atoms with Crippen molar-refractivity contribution >= 4 is 11.7 Å². The van der Waals surface area contributed by atoms with E-state index in [2.05, 4.69) is 10.3 Å². The van der Waals surface area contributed by atoms with Crippen molar-refractivity contribution in [1.82, 2.24) is 5.32 Å². The van der Waals surface area contributed by atoms with Crippen molar-refractivity contribution in [1.29, 1.82) is 0 Å². The average molecular weight is 350 g/mol. The van der Waals surface area contributed by atoms with E-state index in [0.717, 1.165) is 29.5 Å². The normalized spacial score (nSPS) is 23.8. The first-order valence-electron chi connectivity index (χ1n) is 9.02. The van der Waals surface area contributed by atoms with Gasteiger partial charge in [-0.15, -0.1) is 0 Å². The molecule has 1 fully saturated rings. The third-order valence-corrected chi connectivity index (χ3v) is 5.77. The van der Waals surface area contributed by atoms with E-state index in [4.69, 9.17) is 4.74 Å². The first kappa shape index (κ1) is 15.6. The summed E-state index contributed by atoms with van der Waals surface area (Å²) in [7, 11) is 1.71. The average Bonchev–Trinajstić information content (AvgIpc) is 3.49. The Bertz CT molecular complexity index is 964. The maximum Gasteiger partial charge on any atom is 0.263 e. The maximum absolute atomic E-state index is 14.7. The number of rotatable bonds is 1. The quantitative estimate of drug-likeness (QED) is 0.859. The summed E-state index contributed by atoms with van der Waals surface area (Å²) in [6.07, 6.45) is 2.51. The second-order valence-electron chi connectivity index (χ2n) is 7.21. The van der Waals surface area contributed by atoms with Gasteiger partial charge in [0.15, 0.2) is 0 Å². The first-order valence-corrected chi connectivity index (χ1v) is 9.02. The Morgan fingerprint density at radius 3 is 2.81 bits per heavy atom. The van der Waals surface area contributed by atoms with Crippen molar-refractivity contribution in [3.8, 4) is 5.75 Å². The number of benzene rings is 2. The molecule has 1 atom stereocenters. The lowest BCUT2D eigenvalue weighted by molar-refractivity contribution is -0.123. The summed E-state index contributed by atoms with van der Waals surface area (Å²) in [5.41, 5.74) is 2.16. The number of carbonyl (C=O) groups is 1. The summed E-state index contributed by atoms with van der Waals surface area (Å²) in [6.45, 7) is 0.433. The number of aliphatic imine (C=N–C) groups is 1. The molecule has 1 spiro atoms. The minimum atomic E-state index is -0.901. The lowest BCUT2D eigenvalue weighted by atomic mass is 9.67. The van der Waals surface area contributed by atoms with Gasteiger partial charge in [0.05, 0.1) is 6.61 Å². The third-order valence-electron chi connectivity index (χ3n) is 5.77. The molecule has 0 radical (unpaired) electrons. The van der Waals surface area contributed by atoms with Gasteiger partial charge in [-0.3, -0.25) is 4.79 Å².